The fourth-order valence-electron chi connectivity index (χ4n) is 2.13. The fourth-order valence-corrected chi connectivity index (χ4v) is 2.13. The van der Waals surface area contributed by atoms with Gasteiger partial charge in [-0.2, -0.15) is 13.2 Å². The van der Waals surface area contributed by atoms with E-state index < -0.39 is 17.8 Å². The van der Waals surface area contributed by atoms with Gasteiger partial charge < -0.3 is 10.1 Å². The summed E-state index contributed by atoms with van der Waals surface area (Å²) in [5, 5.41) is 2.50. The van der Waals surface area contributed by atoms with Crippen LogP contribution in [0.4, 0.5) is 18.0 Å². The van der Waals surface area contributed by atoms with Gasteiger partial charge >= 0.3 is 12.3 Å². The number of nitrogens with one attached hydrogen (secondary N) is 1. The van der Waals surface area contributed by atoms with Crippen molar-refractivity contribution < 1.29 is 22.7 Å². The monoisotopic (exact) mass is 240 g/mol. The minimum Gasteiger partial charge on any atom is -0.453 e. The van der Waals surface area contributed by atoms with Crippen LogP contribution in [0.1, 0.15) is 12.8 Å². The highest BCUT2D eigenvalue weighted by molar-refractivity contribution is 5.69. The molecule has 1 aliphatic heterocycles. The molecule has 1 aliphatic rings. The highest BCUT2D eigenvalue weighted by Gasteiger charge is 2.61. The number of amides is 1. The second kappa shape index (κ2) is 4.48. The molecular formula is C9H15F3N2O2. The Balaban J connectivity index is 3.03. The smallest absolute Gasteiger partial charge is 0.413 e. The number of carbonyl (C=O) groups is 1. The Morgan fingerprint density at radius 3 is 2.62 bits per heavy atom. The van der Waals surface area contributed by atoms with Crippen molar-refractivity contribution in [1.82, 2.24) is 10.2 Å². The first-order valence-corrected chi connectivity index (χ1v) is 4.96. The molecule has 1 unspecified atom stereocenters. The van der Waals surface area contributed by atoms with Crippen molar-refractivity contribution in [1.29, 1.82) is 0 Å². The van der Waals surface area contributed by atoms with Crippen LogP contribution in [-0.2, 0) is 4.74 Å². The summed E-state index contributed by atoms with van der Waals surface area (Å²) in [5.41, 5.74) is -2.13. The zero-order chi connectivity index (χ0) is 12.4. The molecule has 1 atom stereocenters. The van der Waals surface area contributed by atoms with Crippen molar-refractivity contribution in [2.45, 2.75) is 24.6 Å². The number of nitrogens with zero attached hydrogens (tertiary/aromatic N) is 1. The maximum Gasteiger partial charge on any atom is 0.413 e. The van der Waals surface area contributed by atoms with E-state index in [0.29, 0.717) is 6.42 Å². The Kier molecular flexibility index (Phi) is 3.67. The Labute approximate surface area is 91.7 Å². The van der Waals surface area contributed by atoms with Gasteiger partial charge in [0.25, 0.3) is 0 Å². The van der Waals surface area contributed by atoms with Crippen LogP contribution < -0.4 is 5.32 Å². The number of carbonyl (C=O) groups excluding carboxylic acids is 1. The van der Waals surface area contributed by atoms with E-state index in [2.05, 4.69) is 10.1 Å². The molecule has 4 nitrogen and oxygen atoms in total. The number of hydrogen-bond donors (Lipinski definition) is 1. The van der Waals surface area contributed by atoms with Crippen molar-refractivity contribution in [3.63, 3.8) is 0 Å². The third kappa shape index (κ3) is 1.95. The molecule has 0 aliphatic carbocycles. The van der Waals surface area contributed by atoms with Gasteiger partial charge in [-0.1, -0.05) is 0 Å². The third-order valence-electron chi connectivity index (χ3n) is 2.88. The van der Waals surface area contributed by atoms with Crippen LogP contribution in [0.2, 0.25) is 0 Å². The topological polar surface area (TPSA) is 41.6 Å². The minimum atomic E-state index is -4.46. The second-order valence-electron chi connectivity index (χ2n) is 3.78. The first kappa shape index (κ1) is 13.1. The lowest BCUT2D eigenvalue weighted by molar-refractivity contribution is -0.215. The van der Waals surface area contributed by atoms with Crippen LogP contribution in [0.15, 0.2) is 0 Å². The molecule has 0 saturated carbocycles. The number of halogens is 3. The van der Waals surface area contributed by atoms with E-state index in [4.69, 9.17) is 0 Å². The zero-order valence-electron chi connectivity index (χ0n) is 9.23. The number of likely N-dealkylation sites (N-methyl/N-ethyl adjacent to an activating group) is 1. The summed E-state index contributed by atoms with van der Waals surface area (Å²) in [5.74, 6) is 0. The van der Waals surface area contributed by atoms with Gasteiger partial charge in [-0.3, -0.25) is 4.90 Å². The largest absolute Gasteiger partial charge is 0.453 e. The summed E-state index contributed by atoms with van der Waals surface area (Å²) in [6.45, 7) is -0.237. The summed E-state index contributed by atoms with van der Waals surface area (Å²) < 4.78 is 43.6. The highest BCUT2D eigenvalue weighted by atomic mass is 19.4. The molecule has 0 aromatic heterocycles. The van der Waals surface area contributed by atoms with E-state index in [1.807, 2.05) is 0 Å². The van der Waals surface area contributed by atoms with Gasteiger partial charge in [0.15, 0.2) is 5.54 Å². The molecule has 0 spiro atoms. The van der Waals surface area contributed by atoms with Gasteiger partial charge in [-0.25, -0.2) is 4.79 Å². The summed E-state index contributed by atoms with van der Waals surface area (Å²) in [4.78, 5) is 12.1. The number of alkyl halides is 3. The average Bonchev–Trinajstić information content (AvgIpc) is 2.61. The number of rotatable bonds is 2. The summed E-state index contributed by atoms with van der Waals surface area (Å²) in [7, 11) is 2.52. The molecule has 1 rings (SSSR count). The molecule has 0 bridgehead atoms. The molecule has 1 saturated heterocycles. The van der Waals surface area contributed by atoms with Gasteiger partial charge in [0.05, 0.1) is 7.11 Å². The van der Waals surface area contributed by atoms with E-state index in [1.165, 1.54) is 7.05 Å². The minimum absolute atomic E-state index is 0.0772. The molecule has 0 radical (unpaired) electrons. The maximum absolute atomic E-state index is 13.1. The Hall–Kier alpha value is -0.980. The van der Waals surface area contributed by atoms with E-state index in [1.54, 1.807) is 0 Å². The molecule has 16 heavy (non-hydrogen) atoms. The van der Waals surface area contributed by atoms with Crippen LogP contribution in [-0.4, -0.2) is 50.0 Å². The van der Waals surface area contributed by atoms with E-state index in [-0.39, 0.29) is 19.5 Å². The number of methoxy groups -OCH3 is 1. The van der Waals surface area contributed by atoms with Crippen LogP contribution in [0.5, 0.6) is 0 Å². The number of ether oxygens (including phenoxy) is 1. The zero-order valence-corrected chi connectivity index (χ0v) is 9.23. The van der Waals surface area contributed by atoms with Crippen molar-refractivity contribution in [2.24, 2.45) is 0 Å². The molecule has 1 amide bonds. The molecule has 7 heteroatoms. The van der Waals surface area contributed by atoms with E-state index in [9.17, 15) is 18.0 Å². The van der Waals surface area contributed by atoms with Crippen LogP contribution >= 0.6 is 0 Å². The van der Waals surface area contributed by atoms with Gasteiger partial charge in [0, 0.05) is 13.1 Å². The molecule has 94 valence electrons. The van der Waals surface area contributed by atoms with Gasteiger partial charge in [0.2, 0.25) is 0 Å². The van der Waals surface area contributed by atoms with Gasteiger partial charge in [0.1, 0.15) is 0 Å². The first-order chi connectivity index (χ1) is 7.39. The summed E-state index contributed by atoms with van der Waals surface area (Å²) in [6.07, 6.45) is -5.14. The summed E-state index contributed by atoms with van der Waals surface area (Å²) in [6, 6.07) is 0. The predicted octanol–water partition coefficient (Wildman–Crippen LogP) is 1.37. The van der Waals surface area contributed by atoms with Gasteiger partial charge in [-0.05, 0) is 19.9 Å². The lowest BCUT2D eigenvalue weighted by atomic mass is 9.95. The lowest BCUT2D eigenvalue weighted by Crippen LogP contribution is -2.61. The van der Waals surface area contributed by atoms with Crippen LogP contribution in [0.25, 0.3) is 0 Å². The van der Waals surface area contributed by atoms with Crippen molar-refractivity contribution in [3.05, 3.63) is 0 Å². The standard InChI is InChI=1S/C9H15F3N2O2/c1-13-6-8(9(10,11)12)4-3-5-14(8)7(15)16-2/h13H,3-6H2,1-2H3. The van der Waals surface area contributed by atoms with Crippen LogP contribution in [0, 0.1) is 0 Å². The average molecular weight is 240 g/mol. The molecule has 1 heterocycles. The van der Waals surface area contributed by atoms with E-state index >= 15 is 0 Å². The Bertz CT molecular complexity index is 270. The van der Waals surface area contributed by atoms with E-state index in [0.717, 1.165) is 12.0 Å². The van der Waals surface area contributed by atoms with Crippen LogP contribution in [0.3, 0.4) is 0 Å². The molecule has 0 aromatic rings. The van der Waals surface area contributed by atoms with Crippen molar-refractivity contribution >= 4 is 6.09 Å². The number of hydrogen-bond acceptors (Lipinski definition) is 3. The molecule has 1 N–H and O–H groups in total. The normalized spacial score (nSPS) is 25.9. The first-order valence-electron chi connectivity index (χ1n) is 4.96. The van der Waals surface area contributed by atoms with Crippen molar-refractivity contribution in [3.8, 4) is 0 Å². The maximum atomic E-state index is 13.1. The quantitative estimate of drug-likeness (QED) is 0.792. The Morgan fingerprint density at radius 2 is 2.19 bits per heavy atom. The summed E-state index contributed by atoms with van der Waals surface area (Å²) >= 11 is 0. The highest BCUT2D eigenvalue weighted by Crippen LogP contribution is 2.43. The number of likely N-dealkylation sites (tertiary alicyclic amines) is 1. The predicted molar refractivity (Wildman–Crippen MR) is 51.1 cm³/mol. The molecule has 0 aromatic carbocycles. The second-order valence-corrected chi connectivity index (χ2v) is 3.78. The Morgan fingerprint density at radius 1 is 1.56 bits per heavy atom. The van der Waals surface area contributed by atoms with Crippen molar-refractivity contribution in [2.75, 3.05) is 27.2 Å². The SMILES string of the molecule is CNCC1(C(F)(F)F)CCCN1C(=O)OC. The molecule has 1 fully saturated rings. The molecular weight excluding hydrogens is 225 g/mol. The fraction of sp³-hybridized carbons (Fsp3) is 0.889. The third-order valence-corrected chi connectivity index (χ3v) is 2.88. The van der Waals surface area contributed by atoms with Gasteiger partial charge in [-0.15, -0.1) is 0 Å². The lowest BCUT2D eigenvalue weighted by Gasteiger charge is -2.38.